The summed E-state index contributed by atoms with van der Waals surface area (Å²) in [6, 6.07) is -3.92. The molecule has 550 valence electrons. The summed E-state index contributed by atoms with van der Waals surface area (Å²) in [5.41, 5.74) is 5.21. The Bertz CT molecular complexity index is 2600. The fraction of sp³-hybridized carbons (Fsp3) is 0.831. The third kappa shape index (κ3) is 24.5. The number of amides is 2. The predicted molar refractivity (Wildman–Crippen MR) is 322 cm³/mol. The van der Waals surface area contributed by atoms with Crippen LogP contribution in [0.1, 0.15) is 113 Å². The van der Waals surface area contributed by atoms with Crippen molar-refractivity contribution in [2.75, 3.05) is 39.6 Å². The van der Waals surface area contributed by atoms with E-state index in [9.17, 15) is 100.0 Å². The quantitative estimate of drug-likeness (QED) is 0.0215. The van der Waals surface area contributed by atoms with Crippen LogP contribution in [0.5, 0.6) is 0 Å². The molecule has 0 spiro atoms. The summed E-state index contributed by atoms with van der Waals surface area (Å²) >= 11 is 0. The molecule has 0 radical (unpaired) electrons. The lowest BCUT2D eigenvalue weighted by atomic mass is 9.94. The molecule has 5 aliphatic heterocycles. The number of ether oxygens (including phenoxy) is 9. The SMILES string of the molecule is CC(=O)N[C@H]1[C@H](O[C@H]2[C@H](O)[C@@H](NC(C)=O)[C@@H](OP(=O)([O-])OP(=O)([O-])OCCC(C)CC/C=C(/C)CC/C=C(\C)CC/C=C(\C)CCC=C(C)C)O[C@@H]2CO)O[C@H](CO)[C@@H](O[C@@H]2O[C@H](CO[C@H]3O[C@H](CO)[C@@H](O)[C@H](O)[C@@H]3O)[C@@H](O)[C@H](O[C@H]3O[C@H](CO)[C@@H](O)[C@H](O)[C@@H]3O)[C@@H]2O)[C@@H]1O. The van der Waals surface area contributed by atoms with E-state index < -0.39 is 221 Å². The van der Waals surface area contributed by atoms with E-state index in [0.29, 0.717) is 12.8 Å². The maximum absolute atomic E-state index is 13.3. The molecule has 0 aromatic heterocycles. The number of aliphatic hydroxyl groups is 14. The molecule has 0 aliphatic carbocycles. The fourth-order valence-corrected chi connectivity index (χ4v) is 13.3. The molecule has 16 N–H and O–H groups in total. The molecular weight excluding hydrogens is 1310 g/mol. The van der Waals surface area contributed by atoms with E-state index in [1.54, 1.807) is 0 Å². The summed E-state index contributed by atoms with van der Waals surface area (Å²) in [7, 11) is -11.8. The molecule has 5 saturated heterocycles. The molecule has 5 rings (SSSR count). The Labute approximate surface area is 551 Å². The number of hydrogen-bond acceptors (Lipinski definition) is 32. The molecule has 36 heteroatoms. The molecule has 2 amide bonds. The Morgan fingerprint density at radius 2 is 0.874 bits per heavy atom. The predicted octanol–water partition coefficient (Wildman–Crippen LogP) is -3.69. The van der Waals surface area contributed by atoms with Gasteiger partial charge in [0.15, 0.2) is 31.5 Å². The largest absolute Gasteiger partial charge is 0.756 e. The Morgan fingerprint density at radius 1 is 0.463 bits per heavy atom. The van der Waals surface area contributed by atoms with E-state index in [0.717, 1.165) is 52.4 Å². The fourth-order valence-electron chi connectivity index (χ4n) is 11.2. The molecule has 95 heavy (non-hydrogen) atoms. The van der Waals surface area contributed by atoms with Crippen LogP contribution in [0.2, 0.25) is 0 Å². The molecule has 5 aliphatic rings. The topological polar surface area (TPSA) is 532 Å². The van der Waals surface area contributed by atoms with Gasteiger partial charge in [-0.2, -0.15) is 0 Å². The van der Waals surface area contributed by atoms with Crippen molar-refractivity contribution in [3.05, 3.63) is 46.6 Å². The molecule has 5 fully saturated rings. The van der Waals surface area contributed by atoms with Gasteiger partial charge in [-0.05, 0) is 98.3 Å². The summed E-state index contributed by atoms with van der Waals surface area (Å²) in [6.07, 6.45) is -29.6. The van der Waals surface area contributed by atoms with Crippen molar-refractivity contribution >= 4 is 27.5 Å². The number of hydrogen-bond donors (Lipinski definition) is 16. The second-order valence-corrected chi connectivity index (χ2v) is 27.8. The Morgan fingerprint density at radius 3 is 1.37 bits per heavy atom. The highest BCUT2D eigenvalue weighted by atomic mass is 31.3. The lowest BCUT2D eigenvalue weighted by molar-refractivity contribution is -0.384. The highest BCUT2D eigenvalue weighted by Crippen LogP contribution is 2.57. The lowest BCUT2D eigenvalue weighted by Crippen LogP contribution is -2.70. The van der Waals surface area contributed by atoms with Gasteiger partial charge in [0.1, 0.15) is 122 Å². The number of carbonyl (C=O) groups is 2. The second kappa shape index (κ2) is 38.9. The first-order chi connectivity index (χ1) is 44.7. The van der Waals surface area contributed by atoms with Crippen LogP contribution in [0.4, 0.5) is 0 Å². The van der Waals surface area contributed by atoms with E-state index in [-0.39, 0.29) is 12.3 Å². The Balaban J connectivity index is 1.24. The van der Waals surface area contributed by atoms with Crippen molar-refractivity contribution in [1.82, 2.24) is 10.6 Å². The monoisotopic (exact) mass is 1410 g/mol. The number of carbonyl (C=O) groups excluding carboxylic acids is 2. The van der Waals surface area contributed by atoms with Crippen molar-refractivity contribution in [2.45, 2.75) is 267 Å². The second-order valence-electron chi connectivity index (χ2n) is 24.9. The third-order valence-corrected chi connectivity index (χ3v) is 19.2. The van der Waals surface area contributed by atoms with Gasteiger partial charge in [0.05, 0.1) is 39.6 Å². The van der Waals surface area contributed by atoms with Crippen molar-refractivity contribution < 1.29 is 156 Å². The van der Waals surface area contributed by atoms with Crippen LogP contribution in [0.15, 0.2) is 46.6 Å². The number of aliphatic hydroxyl groups excluding tert-OH is 14. The molecule has 28 atom stereocenters. The molecule has 5 heterocycles. The number of phosphoric ester groups is 2. The molecule has 0 saturated carbocycles. The van der Waals surface area contributed by atoms with Gasteiger partial charge in [-0.15, -0.1) is 0 Å². The first-order valence-corrected chi connectivity index (χ1v) is 34.5. The lowest BCUT2D eigenvalue weighted by Gasteiger charge is -2.50. The highest BCUT2D eigenvalue weighted by Gasteiger charge is 2.57. The molecule has 0 aromatic rings. The first kappa shape index (κ1) is 82.9. The zero-order valence-corrected chi connectivity index (χ0v) is 56.2. The zero-order valence-electron chi connectivity index (χ0n) is 54.4. The number of rotatable bonds is 35. The van der Waals surface area contributed by atoms with Crippen molar-refractivity contribution in [3.8, 4) is 0 Å². The molecule has 0 bridgehead atoms. The molecule has 3 unspecified atom stereocenters. The molecule has 34 nitrogen and oxygen atoms in total. The van der Waals surface area contributed by atoms with Gasteiger partial charge in [-0.1, -0.05) is 53.5 Å². The van der Waals surface area contributed by atoms with E-state index >= 15 is 0 Å². The van der Waals surface area contributed by atoms with E-state index in [2.05, 4.69) is 66.9 Å². The van der Waals surface area contributed by atoms with Crippen molar-refractivity contribution in [2.24, 2.45) is 5.92 Å². The van der Waals surface area contributed by atoms with E-state index in [4.69, 9.17) is 51.7 Å². The van der Waals surface area contributed by atoms with Gasteiger partial charge >= 0.3 is 0 Å². The third-order valence-electron chi connectivity index (χ3n) is 16.7. The first-order valence-electron chi connectivity index (χ1n) is 31.6. The van der Waals surface area contributed by atoms with Crippen LogP contribution in [-0.4, -0.2) is 276 Å². The summed E-state index contributed by atoms with van der Waals surface area (Å²) in [5, 5.41) is 156. The van der Waals surface area contributed by atoms with Gasteiger partial charge in [-0.3, -0.25) is 23.2 Å². The maximum atomic E-state index is 13.3. The van der Waals surface area contributed by atoms with Crippen molar-refractivity contribution in [1.29, 1.82) is 0 Å². The molecular formula is C59H100N2O32P2-2. The van der Waals surface area contributed by atoms with Crippen LogP contribution < -0.4 is 20.4 Å². The highest BCUT2D eigenvalue weighted by molar-refractivity contribution is 7.59. The van der Waals surface area contributed by atoms with Crippen LogP contribution in [0.25, 0.3) is 0 Å². The smallest absolute Gasteiger partial charge is 0.276 e. The van der Waals surface area contributed by atoms with Gasteiger partial charge in [-0.25, -0.2) is 4.31 Å². The minimum Gasteiger partial charge on any atom is -0.756 e. The maximum Gasteiger partial charge on any atom is 0.276 e. The zero-order chi connectivity index (χ0) is 70.8. The van der Waals surface area contributed by atoms with Gasteiger partial charge < -0.3 is 139 Å². The van der Waals surface area contributed by atoms with E-state index in [1.807, 2.05) is 13.8 Å². The summed E-state index contributed by atoms with van der Waals surface area (Å²) in [4.78, 5) is 51.5. The normalized spacial score (nSPS) is 38.4. The minimum absolute atomic E-state index is 0.0801. The average molecular weight is 1410 g/mol. The van der Waals surface area contributed by atoms with Crippen LogP contribution >= 0.6 is 15.6 Å². The summed E-state index contributed by atoms with van der Waals surface area (Å²) in [5.74, 6) is -1.96. The number of phosphoric acid groups is 2. The van der Waals surface area contributed by atoms with Gasteiger partial charge in [0.25, 0.3) is 15.6 Å². The van der Waals surface area contributed by atoms with Crippen LogP contribution in [0.3, 0.4) is 0 Å². The minimum atomic E-state index is -6.10. The summed E-state index contributed by atoms with van der Waals surface area (Å²) < 4.78 is 91.9. The van der Waals surface area contributed by atoms with Crippen LogP contribution in [0, 0.1) is 5.92 Å². The summed E-state index contributed by atoms with van der Waals surface area (Å²) in [6.45, 7) is 8.73. The molecule has 0 aromatic carbocycles. The van der Waals surface area contributed by atoms with E-state index in [1.165, 1.54) is 22.3 Å². The Kier molecular flexibility index (Phi) is 33.9. The Hall–Kier alpha value is -2.76. The standard InChI is InChI=1S/C59H102N2O32P2/c1-28(2)13-9-14-29(3)15-10-16-30(4)17-11-18-31(5)19-12-20-32(6)21-22-83-94(78,79)93-95(80,81)92-56-41(61-34(8)67)46(72)52(38(26-65)87-56)89-55-40(60-33(7)66)45(71)53(37(25-64)86-55)90-59-51(77)54(91-58-50(76)48(74)43(69)36(24-63)85-58)44(70)39(88-59)27-82-57-49(75)47(73)42(68)35(23-62)84-57/h13,15,17,19,32,35-59,62-65,68-77H,9-12,14,16,18,20-27H2,1-8H3,(H,60,66)(H,61,67)(H,78,79)(H,80,81)/p-2/b29-15+,30-17+,31-19-/t32?,35-,36-,37-,38-,39-,40-,41-,42-,43-,44-,45-,46-,47+,48+,49+,50+,51+,52-,53-,54+,55+,56-,57+,58-,59+/m1/s1. The van der Waals surface area contributed by atoms with Crippen LogP contribution in [-0.2, 0) is 74.7 Å². The number of allylic oxidation sites excluding steroid dienone is 8. The van der Waals surface area contributed by atoms with Gasteiger partial charge in [0.2, 0.25) is 11.8 Å². The van der Waals surface area contributed by atoms with Crippen molar-refractivity contribution in [3.63, 3.8) is 0 Å². The van der Waals surface area contributed by atoms with Gasteiger partial charge in [0, 0.05) is 13.8 Å². The average Bonchev–Trinajstić information content (AvgIpc) is 0.774. The number of nitrogens with one attached hydrogen (secondary N) is 2.